The third-order valence-electron chi connectivity index (χ3n) is 4.04. The minimum Gasteiger partial charge on any atom is -0.492 e. The summed E-state index contributed by atoms with van der Waals surface area (Å²) in [5.74, 6) is 0.595. The van der Waals surface area contributed by atoms with E-state index < -0.39 is 18.0 Å². The Balaban J connectivity index is 2.08. The highest BCUT2D eigenvalue weighted by molar-refractivity contribution is 5.80. The Kier molecular flexibility index (Phi) is 8.68. The largest absolute Gasteiger partial charge is 0.492 e. The molecule has 2 rings (SSSR count). The average molecular weight is 421 g/mol. The van der Waals surface area contributed by atoms with Crippen LogP contribution in [-0.2, 0) is 20.8 Å². The Morgan fingerprint density at radius 3 is 2.40 bits per heavy atom. The van der Waals surface area contributed by atoms with E-state index in [9.17, 15) is 9.59 Å². The van der Waals surface area contributed by atoms with Crippen LogP contribution in [0.2, 0.25) is 0 Å². The molecule has 0 spiro atoms. The number of nitrogens with one attached hydrogen (secondary N) is 1. The van der Waals surface area contributed by atoms with Crippen LogP contribution in [0.4, 0.5) is 4.79 Å². The quantitative estimate of drug-likeness (QED) is 0.469. The topological polar surface area (TPSA) is 88.0 Å². The maximum absolute atomic E-state index is 12.5. The van der Waals surface area contributed by atoms with Crippen LogP contribution in [0.25, 0.3) is 10.9 Å². The predicted molar refractivity (Wildman–Crippen MR) is 115 cm³/mol. The van der Waals surface area contributed by atoms with Crippen molar-refractivity contribution in [1.29, 1.82) is 0 Å². The van der Waals surface area contributed by atoms with E-state index in [0.29, 0.717) is 25.5 Å². The third kappa shape index (κ3) is 7.35. The van der Waals surface area contributed by atoms with Gasteiger partial charge in [0.25, 0.3) is 5.56 Å². The first kappa shape index (κ1) is 23.7. The lowest BCUT2D eigenvalue weighted by molar-refractivity contribution is -0.143. The van der Waals surface area contributed by atoms with Gasteiger partial charge in [-0.15, -0.1) is 0 Å². The second-order valence-corrected chi connectivity index (χ2v) is 7.62. The predicted octanol–water partition coefficient (Wildman–Crippen LogP) is 3.30. The lowest BCUT2D eigenvalue weighted by Gasteiger charge is -2.20. The number of pyridine rings is 1. The van der Waals surface area contributed by atoms with Crippen molar-refractivity contribution in [2.24, 2.45) is 0 Å². The number of hydrogen-bond donors (Lipinski definition) is 1. The molecule has 0 aliphatic rings. The fourth-order valence-electron chi connectivity index (χ4n) is 2.86. The fourth-order valence-corrected chi connectivity index (χ4v) is 2.86. The molecule has 0 atom stereocenters. The van der Waals surface area contributed by atoms with E-state index in [1.54, 1.807) is 37.5 Å². The van der Waals surface area contributed by atoms with Crippen molar-refractivity contribution < 1.29 is 23.7 Å². The van der Waals surface area contributed by atoms with E-state index in [2.05, 4.69) is 5.32 Å². The van der Waals surface area contributed by atoms with Gasteiger partial charge in [-0.05, 0) is 58.2 Å². The Bertz CT molecular complexity index is 881. The van der Waals surface area contributed by atoms with Gasteiger partial charge in [0.15, 0.2) is 6.29 Å². The number of hydrogen-bond acceptors (Lipinski definition) is 6. The van der Waals surface area contributed by atoms with E-state index in [-0.39, 0.29) is 18.7 Å². The SMILES string of the molecule is CCOC(Cn1c(=O)ccc2ccc(OCCNC(=O)OC(C)(C)C)cc21)OCC. The molecule has 0 radical (unpaired) electrons. The van der Waals surface area contributed by atoms with E-state index in [0.717, 1.165) is 10.9 Å². The summed E-state index contributed by atoms with van der Waals surface area (Å²) in [5.41, 5.74) is 0.0356. The molecule has 2 aromatic rings. The summed E-state index contributed by atoms with van der Waals surface area (Å²) in [6.07, 6.45) is -0.998. The van der Waals surface area contributed by atoms with Gasteiger partial charge in [-0.25, -0.2) is 4.79 Å². The second kappa shape index (κ2) is 11.0. The molecule has 0 aliphatic carbocycles. The number of nitrogens with zero attached hydrogens (tertiary/aromatic N) is 1. The zero-order chi connectivity index (χ0) is 22.1. The van der Waals surface area contributed by atoms with Crippen molar-refractivity contribution in [3.8, 4) is 5.75 Å². The summed E-state index contributed by atoms with van der Waals surface area (Å²) in [7, 11) is 0. The van der Waals surface area contributed by atoms with E-state index in [4.69, 9.17) is 18.9 Å². The number of fused-ring (bicyclic) bond motifs is 1. The maximum atomic E-state index is 12.5. The first-order chi connectivity index (χ1) is 14.2. The van der Waals surface area contributed by atoms with E-state index in [1.165, 1.54) is 6.07 Å². The van der Waals surface area contributed by atoms with Crippen LogP contribution in [0.3, 0.4) is 0 Å². The summed E-state index contributed by atoms with van der Waals surface area (Å²) in [6, 6.07) is 8.82. The molecule has 30 heavy (non-hydrogen) atoms. The van der Waals surface area contributed by atoms with Gasteiger partial charge in [-0.3, -0.25) is 4.79 Å². The molecule has 0 bridgehead atoms. The number of benzene rings is 1. The molecule has 8 nitrogen and oxygen atoms in total. The highest BCUT2D eigenvalue weighted by atomic mass is 16.7. The normalized spacial score (nSPS) is 11.7. The molecular weight excluding hydrogens is 388 g/mol. The molecule has 0 saturated heterocycles. The third-order valence-corrected chi connectivity index (χ3v) is 4.04. The van der Waals surface area contributed by atoms with Crippen molar-refractivity contribution >= 4 is 17.0 Å². The van der Waals surface area contributed by atoms with Crippen molar-refractivity contribution in [2.75, 3.05) is 26.4 Å². The molecule has 166 valence electrons. The molecule has 0 saturated carbocycles. The molecular formula is C22H32N2O6. The average Bonchev–Trinajstić information content (AvgIpc) is 2.66. The molecule has 8 heteroatoms. The monoisotopic (exact) mass is 420 g/mol. The van der Waals surface area contributed by atoms with Gasteiger partial charge in [0.05, 0.1) is 18.6 Å². The van der Waals surface area contributed by atoms with E-state index >= 15 is 0 Å². The van der Waals surface area contributed by atoms with Crippen LogP contribution in [0.5, 0.6) is 5.75 Å². The van der Waals surface area contributed by atoms with Gasteiger partial charge in [-0.1, -0.05) is 0 Å². The van der Waals surface area contributed by atoms with Crippen LogP contribution >= 0.6 is 0 Å². The number of carbonyl (C=O) groups is 1. The smallest absolute Gasteiger partial charge is 0.407 e. The van der Waals surface area contributed by atoms with Crippen molar-refractivity contribution in [1.82, 2.24) is 9.88 Å². The number of alkyl carbamates (subject to hydrolysis) is 1. The number of ether oxygens (including phenoxy) is 4. The fraction of sp³-hybridized carbons (Fsp3) is 0.545. The van der Waals surface area contributed by atoms with Crippen LogP contribution < -0.4 is 15.6 Å². The number of aromatic nitrogens is 1. The van der Waals surface area contributed by atoms with Gasteiger partial charge in [0, 0.05) is 25.3 Å². The van der Waals surface area contributed by atoms with E-state index in [1.807, 2.05) is 26.0 Å². The van der Waals surface area contributed by atoms with Gasteiger partial charge >= 0.3 is 6.09 Å². The Morgan fingerprint density at radius 1 is 1.10 bits per heavy atom. The van der Waals surface area contributed by atoms with Crippen LogP contribution in [-0.4, -0.2) is 48.9 Å². The van der Waals surface area contributed by atoms with Crippen molar-refractivity contribution in [3.05, 3.63) is 40.7 Å². The summed E-state index contributed by atoms with van der Waals surface area (Å²) in [6.45, 7) is 11.0. The summed E-state index contributed by atoms with van der Waals surface area (Å²) in [4.78, 5) is 24.2. The van der Waals surface area contributed by atoms with Crippen molar-refractivity contribution in [3.63, 3.8) is 0 Å². The zero-order valence-corrected chi connectivity index (χ0v) is 18.4. The molecule has 0 aliphatic heterocycles. The van der Waals surface area contributed by atoms with Crippen LogP contribution in [0, 0.1) is 0 Å². The summed E-state index contributed by atoms with van der Waals surface area (Å²) < 4.78 is 23.7. The highest BCUT2D eigenvalue weighted by Gasteiger charge is 2.16. The van der Waals surface area contributed by atoms with Gasteiger partial charge in [0.2, 0.25) is 0 Å². The van der Waals surface area contributed by atoms with Gasteiger partial charge < -0.3 is 28.8 Å². The minimum atomic E-state index is -0.548. The molecule has 1 heterocycles. The Morgan fingerprint density at radius 2 is 1.77 bits per heavy atom. The summed E-state index contributed by atoms with van der Waals surface area (Å²) >= 11 is 0. The minimum absolute atomic E-state index is 0.143. The molecule has 0 unspecified atom stereocenters. The molecule has 1 N–H and O–H groups in total. The van der Waals surface area contributed by atoms with Crippen molar-refractivity contribution in [2.45, 2.75) is 53.1 Å². The first-order valence-corrected chi connectivity index (χ1v) is 10.2. The first-order valence-electron chi connectivity index (χ1n) is 10.2. The van der Waals surface area contributed by atoms with Crippen LogP contribution in [0.15, 0.2) is 35.1 Å². The number of amides is 1. The lowest BCUT2D eigenvalue weighted by Crippen LogP contribution is -2.34. The number of carbonyl (C=O) groups excluding carboxylic acids is 1. The zero-order valence-electron chi connectivity index (χ0n) is 18.4. The Hall–Kier alpha value is -2.58. The molecule has 1 amide bonds. The number of rotatable bonds is 10. The van der Waals surface area contributed by atoms with Gasteiger partial charge in [0.1, 0.15) is 18.0 Å². The molecule has 1 aromatic carbocycles. The molecule has 1 aromatic heterocycles. The molecule has 0 fully saturated rings. The Labute approximate surface area is 177 Å². The standard InChI is InChI=1S/C22H32N2O6/c1-6-27-20(28-7-2)15-24-18-14-17(10-8-16(18)9-11-19(24)25)29-13-12-23-21(26)30-22(3,4)5/h8-11,14,20H,6-7,12-13,15H2,1-5H3,(H,23,26). The lowest BCUT2D eigenvalue weighted by atomic mass is 10.2. The maximum Gasteiger partial charge on any atom is 0.407 e. The van der Waals surface area contributed by atoms with Crippen LogP contribution in [0.1, 0.15) is 34.6 Å². The summed E-state index contributed by atoms with van der Waals surface area (Å²) in [5, 5.41) is 3.55. The second-order valence-electron chi connectivity index (χ2n) is 7.62. The highest BCUT2D eigenvalue weighted by Crippen LogP contribution is 2.20. The van der Waals surface area contributed by atoms with Gasteiger partial charge in [-0.2, -0.15) is 0 Å².